The summed E-state index contributed by atoms with van der Waals surface area (Å²) in [6.45, 7) is 0. The molecule has 3 heteroatoms. The summed E-state index contributed by atoms with van der Waals surface area (Å²) in [4.78, 5) is 3.97. The molecule has 0 bridgehead atoms. The van der Waals surface area contributed by atoms with Gasteiger partial charge in [0.05, 0.1) is 19.0 Å². The molecular formula is C13H14N2O. The molecule has 0 amide bonds. The normalized spacial score (nSPS) is 10.1. The van der Waals surface area contributed by atoms with Gasteiger partial charge < -0.3 is 10.5 Å². The van der Waals surface area contributed by atoms with Crippen molar-refractivity contribution in [2.75, 3.05) is 12.8 Å². The Labute approximate surface area is 94.9 Å². The predicted octanol–water partition coefficient (Wildman–Crippen LogP) is 2.26. The van der Waals surface area contributed by atoms with Crippen molar-refractivity contribution in [2.24, 2.45) is 0 Å². The fourth-order valence-corrected chi connectivity index (χ4v) is 1.56. The van der Waals surface area contributed by atoms with Crippen LogP contribution in [0, 0.1) is 0 Å². The van der Waals surface area contributed by atoms with Crippen LogP contribution in [0.3, 0.4) is 0 Å². The lowest BCUT2D eigenvalue weighted by Crippen LogP contribution is -1.96. The van der Waals surface area contributed by atoms with Crippen LogP contribution in [0.25, 0.3) is 0 Å². The van der Waals surface area contributed by atoms with E-state index in [2.05, 4.69) is 4.98 Å². The number of nitrogens with two attached hydrogens (primary N) is 1. The molecule has 0 spiro atoms. The Bertz CT molecular complexity index is 466. The smallest absolute Gasteiger partial charge is 0.118 e. The molecule has 0 aliphatic heterocycles. The van der Waals surface area contributed by atoms with Gasteiger partial charge in [-0.2, -0.15) is 0 Å². The highest BCUT2D eigenvalue weighted by Gasteiger charge is 2.00. The maximum Gasteiger partial charge on any atom is 0.118 e. The van der Waals surface area contributed by atoms with Crippen LogP contribution in [-0.4, -0.2) is 12.1 Å². The highest BCUT2D eigenvalue weighted by Crippen LogP contribution is 2.17. The van der Waals surface area contributed by atoms with E-state index >= 15 is 0 Å². The molecule has 0 aliphatic carbocycles. The van der Waals surface area contributed by atoms with Crippen LogP contribution in [0.15, 0.2) is 42.7 Å². The first-order valence-corrected chi connectivity index (χ1v) is 5.11. The number of benzene rings is 1. The van der Waals surface area contributed by atoms with Gasteiger partial charge in [0, 0.05) is 6.20 Å². The number of pyridine rings is 1. The third-order valence-electron chi connectivity index (χ3n) is 2.50. The third kappa shape index (κ3) is 2.31. The molecule has 82 valence electrons. The Morgan fingerprint density at radius 1 is 1.19 bits per heavy atom. The molecule has 2 aromatic rings. The quantitative estimate of drug-likeness (QED) is 0.852. The van der Waals surface area contributed by atoms with Crippen molar-refractivity contribution in [1.29, 1.82) is 0 Å². The summed E-state index contributed by atoms with van der Waals surface area (Å²) in [7, 11) is 1.66. The van der Waals surface area contributed by atoms with Crippen molar-refractivity contribution in [3.05, 3.63) is 53.9 Å². The van der Waals surface area contributed by atoms with Crippen LogP contribution in [-0.2, 0) is 6.42 Å². The predicted molar refractivity (Wildman–Crippen MR) is 64.4 cm³/mol. The second kappa shape index (κ2) is 4.66. The lowest BCUT2D eigenvalue weighted by atomic mass is 10.0. The number of hydrogen-bond donors (Lipinski definition) is 1. The molecule has 2 N–H and O–H groups in total. The first-order valence-electron chi connectivity index (χ1n) is 5.11. The number of aromatic nitrogens is 1. The van der Waals surface area contributed by atoms with Gasteiger partial charge in [-0.3, -0.25) is 4.98 Å². The molecule has 0 fully saturated rings. The van der Waals surface area contributed by atoms with Gasteiger partial charge in [-0.05, 0) is 35.7 Å². The summed E-state index contributed by atoms with van der Waals surface area (Å²) >= 11 is 0. The summed E-state index contributed by atoms with van der Waals surface area (Å²) in [5, 5.41) is 0. The van der Waals surface area contributed by atoms with Crippen molar-refractivity contribution < 1.29 is 4.74 Å². The Kier molecular flexibility index (Phi) is 3.05. The minimum Gasteiger partial charge on any atom is -0.497 e. The van der Waals surface area contributed by atoms with E-state index in [9.17, 15) is 0 Å². The van der Waals surface area contributed by atoms with E-state index in [-0.39, 0.29) is 0 Å². The van der Waals surface area contributed by atoms with E-state index in [0.717, 1.165) is 23.4 Å². The van der Waals surface area contributed by atoms with Crippen LogP contribution in [0.1, 0.15) is 11.1 Å². The van der Waals surface area contributed by atoms with Gasteiger partial charge in [0.15, 0.2) is 0 Å². The van der Waals surface area contributed by atoms with Crippen molar-refractivity contribution >= 4 is 5.69 Å². The monoisotopic (exact) mass is 214 g/mol. The van der Waals surface area contributed by atoms with E-state index < -0.39 is 0 Å². The van der Waals surface area contributed by atoms with Crippen LogP contribution in [0.5, 0.6) is 5.75 Å². The second-order valence-electron chi connectivity index (χ2n) is 3.60. The zero-order chi connectivity index (χ0) is 11.4. The molecule has 16 heavy (non-hydrogen) atoms. The summed E-state index contributed by atoms with van der Waals surface area (Å²) in [6.07, 6.45) is 4.26. The standard InChI is InChI=1S/C13H14N2O/c1-16-12-4-2-10(3-5-12)8-11-6-7-15-9-13(11)14/h2-7,9H,8,14H2,1H3. The number of rotatable bonds is 3. The Morgan fingerprint density at radius 2 is 1.94 bits per heavy atom. The molecule has 2 rings (SSSR count). The number of nitrogen functional groups attached to an aromatic ring is 1. The van der Waals surface area contributed by atoms with Crippen LogP contribution in [0.4, 0.5) is 5.69 Å². The minimum atomic E-state index is 0.735. The van der Waals surface area contributed by atoms with Crippen molar-refractivity contribution in [1.82, 2.24) is 4.98 Å². The average molecular weight is 214 g/mol. The van der Waals surface area contributed by atoms with E-state index in [1.807, 2.05) is 30.3 Å². The highest BCUT2D eigenvalue weighted by molar-refractivity contribution is 5.46. The minimum absolute atomic E-state index is 0.735. The first-order chi connectivity index (χ1) is 7.79. The van der Waals surface area contributed by atoms with Crippen molar-refractivity contribution in [3.8, 4) is 5.75 Å². The van der Waals surface area contributed by atoms with Gasteiger partial charge in [-0.25, -0.2) is 0 Å². The summed E-state index contributed by atoms with van der Waals surface area (Å²) in [5.41, 5.74) is 8.88. The maximum atomic E-state index is 5.84. The molecule has 1 aromatic heterocycles. The molecule has 0 radical (unpaired) electrons. The van der Waals surface area contributed by atoms with Gasteiger partial charge >= 0.3 is 0 Å². The molecule has 0 unspecified atom stereocenters. The third-order valence-corrected chi connectivity index (χ3v) is 2.50. The van der Waals surface area contributed by atoms with Crippen molar-refractivity contribution in [2.45, 2.75) is 6.42 Å². The van der Waals surface area contributed by atoms with Gasteiger partial charge in [-0.15, -0.1) is 0 Å². The highest BCUT2D eigenvalue weighted by atomic mass is 16.5. The molecule has 0 atom stereocenters. The first kappa shape index (κ1) is 10.5. The largest absolute Gasteiger partial charge is 0.497 e. The zero-order valence-electron chi connectivity index (χ0n) is 9.18. The lowest BCUT2D eigenvalue weighted by Gasteiger charge is -2.05. The second-order valence-corrected chi connectivity index (χ2v) is 3.60. The zero-order valence-corrected chi connectivity index (χ0v) is 9.18. The van der Waals surface area contributed by atoms with E-state index in [4.69, 9.17) is 10.5 Å². The van der Waals surface area contributed by atoms with Gasteiger partial charge in [0.1, 0.15) is 5.75 Å². The maximum absolute atomic E-state index is 5.84. The van der Waals surface area contributed by atoms with E-state index in [1.54, 1.807) is 19.5 Å². The topological polar surface area (TPSA) is 48.1 Å². The molecule has 0 saturated carbocycles. The van der Waals surface area contributed by atoms with Crippen LogP contribution in [0.2, 0.25) is 0 Å². The SMILES string of the molecule is COc1ccc(Cc2ccncc2N)cc1. The van der Waals surface area contributed by atoms with E-state index in [0.29, 0.717) is 0 Å². The lowest BCUT2D eigenvalue weighted by molar-refractivity contribution is 0.414. The molecule has 1 aromatic carbocycles. The van der Waals surface area contributed by atoms with Crippen molar-refractivity contribution in [3.63, 3.8) is 0 Å². The Balaban J connectivity index is 2.18. The molecule has 0 saturated heterocycles. The molecule has 3 nitrogen and oxygen atoms in total. The van der Waals surface area contributed by atoms with Gasteiger partial charge in [0.25, 0.3) is 0 Å². The van der Waals surface area contributed by atoms with Crippen LogP contribution < -0.4 is 10.5 Å². The van der Waals surface area contributed by atoms with Gasteiger partial charge in [-0.1, -0.05) is 12.1 Å². The summed E-state index contributed by atoms with van der Waals surface area (Å²) in [5.74, 6) is 0.867. The molecular weight excluding hydrogens is 200 g/mol. The Hall–Kier alpha value is -2.03. The fourth-order valence-electron chi connectivity index (χ4n) is 1.56. The number of nitrogens with zero attached hydrogens (tertiary/aromatic N) is 1. The summed E-state index contributed by atoms with van der Waals surface area (Å²) in [6, 6.07) is 9.93. The number of hydrogen-bond acceptors (Lipinski definition) is 3. The molecule has 0 aliphatic rings. The number of methoxy groups -OCH3 is 1. The van der Waals surface area contributed by atoms with Gasteiger partial charge in [0.2, 0.25) is 0 Å². The van der Waals surface area contributed by atoms with Crippen LogP contribution >= 0.6 is 0 Å². The average Bonchev–Trinajstić information content (AvgIpc) is 2.33. The summed E-state index contributed by atoms with van der Waals surface area (Å²) < 4.78 is 5.11. The number of anilines is 1. The number of ether oxygens (including phenoxy) is 1. The Morgan fingerprint density at radius 3 is 2.56 bits per heavy atom. The fraction of sp³-hybridized carbons (Fsp3) is 0.154. The molecule has 1 heterocycles. The van der Waals surface area contributed by atoms with E-state index in [1.165, 1.54) is 5.56 Å².